The van der Waals surface area contributed by atoms with E-state index in [1.165, 1.54) is 16.3 Å². The van der Waals surface area contributed by atoms with Gasteiger partial charge in [-0.1, -0.05) is 72.8 Å². The van der Waals surface area contributed by atoms with Gasteiger partial charge in [0.25, 0.3) is 11.8 Å². The van der Waals surface area contributed by atoms with Gasteiger partial charge in [0.15, 0.2) is 6.61 Å². The van der Waals surface area contributed by atoms with Crippen molar-refractivity contribution >= 4 is 45.6 Å². The predicted molar refractivity (Wildman–Crippen MR) is 139 cm³/mol. The number of amides is 2. The van der Waals surface area contributed by atoms with E-state index in [-0.39, 0.29) is 18.5 Å². The number of thiophene rings is 1. The van der Waals surface area contributed by atoms with Crippen molar-refractivity contribution in [1.82, 2.24) is 10.3 Å². The molecule has 1 aromatic heterocycles. The molecule has 3 aromatic carbocycles. The Bertz CT molecular complexity index is 1430. The lowest BCUT2D eigenvalue weighted by Crippen LogP contribution is -2.34. The largest absolute Gasteiger partial charge is 0.454 e. The SMILES string of the molecule is O=C(CNC(=O)c1cccs1)OCC(=O)N1N=C(c2ccc3ccccc3c2)CC1c1ccccc1. The first-order valence-electron chi connectivity index (χ1n) is 11.5. The van der Waals surface area contributed by atoms with E-state index in [9.17, 15) is 14.4 Å². The lowest BCUT2D eigenvalue weighted by Gasteiger charge is -2.21. The molecular weight excluding hydrogens is 474 g/mol. The molecule has 1 unspecified atom stereocenters. The Morgan fingerprint density at radius 2 is 1.72 bits per heavy atom. The molecule has 0 radical (unpaired) electrons. The van der Waals surface area contributed by atoms with Crippen LogP contribution in [0.2, 0.25) is 0 Å². The number of carbonyl (C=O) groups is 3. The molecule has 0 aliphatic carbocycles. The van der Waals surface area contributed by atoms with Crippen LogP contribution in [0.1, 0.15) is 33.3 Å². The molecule has 1 N–H and O–H groups in total. The van der Waals surface area contributed by atoms with Crippen LogP contribution in [0.4, 0.5) is 0 Å². The van der Waals surface area contributed by atoms with Gasteiger partial charge >= 0.3 is 5.97 Å². The van der Waals surface area contributed by atoms with E-state index < -0.39 is 18.5 Å². The summed E-state index contributed by atoms with van der Waals surface area (Å²) >= 11 is 1.27. The van der Waals surface area contributed by atoms with E-state index in [2.05, 4.69) is 22.6 Å². The Hall–Kier alpha value is -4.30. The molecule has 5 rings (SSSR count). The maximum absolute atomic E-state index is 13.1. The molecule has 0 saturated carbocycles. The summed E-state index contributed by atoms with van der Waals surface area (Å²) in [6, 6.07) is 27.0. The maximum Gasteiger partial charge on any atom is 0.325 e. The van der Waals surface area contributed by atoms with Crippen LogP contribution in [0, 0.1) is 0 Å². The average molecular weight is 498 g/mol. The van der Waals surface area contributed by atoms with Crippen LogP contribution in [0.25, 0.3) is 10.8 Å². The third-order valence-electron chi connectivity index (χ3n) is 5.93. The monoisotopic (exact) mass is 497 g/mol. The first-order valence-corrected chi connectivity index (χ1v) is 12.4. The maximum atomic E-state index is 13.1. The zero-order valence-electron chi connectivity index (χ0n) is 19.3. The van der Waals surface area contributed by atoms with Crippen molar-refractivity contribution in [3.8, 4) is 0 Å². The molecule has 1 aliphatic rings. The van der Waals surface area contributed by atoms with Gasteiger partial charge in [0.05, 0.1) is 16.6 Å². The van der Waals surface area contributed by atoms with Crippen molar-refractivity contribution in [3.63, 3.8) is 0 Å². The summed E-state index contributed by atoms with van der Waals surface area (Å²) in [5.41, 5.74) is 2.68. The molecule has 7 nitrogen and oxygen atoms in total. The van der Waals surface area contributed by atoms with Crippen LogP contribution in [0.3, 0.4) is 0 Å². The Morgan fingerprint density at radius 1 is 0.944 bits per heavy atom. The second kappa shape index (κ2) is 10.5. The van der Waals surface area contributed by atoms with E-state index in [0.717, 1.165) is 27.6 Å². The van der Waals surface area contributed by atoms with E-state index in [4.69, 9.17) is 4.74 Å². The molecule has 1 aliphatic heterocycles. The highest BCUT2D eigenvalue weighted by Crippen LogP contribution is 2.33. The minimum Gasteiger partial charge on any atom is -0.454 e. The topological polar surface area (TPSA) is 88.1 Å². The molecule has 1 atom stereocenters. The number of benzene rings is 3. The Balaban J connectivity index is 1.29. The lowest BCUT2D eigenvalue weighted by atomic mass is 9.97. The number of carbonyl (C=O) groups excluding carboxylic acids is 3. The number of hydrogen-bond acceptors (Lipinski definition) is 6. The van der Waals surface area contributed by atoms with Crippen molar-refractivity contribution in [3.05, 3.63) is 106 Å². The molecule has 0 spiro atoms. The zero-order valence-corrected chi connectivity index (χ0v) is 20.1. The minimum absolute atomic E-state index is 0.308. The molecule has 2 heterocycles. The fraction of sp³-hybridized carbons (Fsp3) is 0.143. The van der Waals surface area contributed by atoms with E-state index in [0.29, 0.717) is 11.3 Å². The van der Waals surface area contributed by atoms with Gasteiger partial charge in [-0.2, -0.15) is 5.10 Å². The Labute approximate surface area is 212 Å². The van der Waals surface area contributed by atoms with Crippen LogP contribution < -0.4 is 5.32 Å². The standard InChI is InChI=1S/C28H23N3O4S/c32-26(18-35-27(33)17-29-28(34)25-11-6-14-36-25)31-24(20-8-2-1-3-9-20)16-23(30-31)22-13-12-19-7-4-5-10-21(19)15-22/h1-15,24H,16-18H2,(H,29,34). The van der Waals surface area contributed by atoms with Crippen molar-refractivity contribution in [2.75, 3.05) is 13.2 Å². The molecule has 36 heavy (non-hydrogen) atoms. The summed E-state index contributed by atoms with van der Waals surface area (Å²) in [4.78, 5) is 37.8. The molecule has 0 saturated heterocycles. The molecule has 180 valence electrons. The second-order valence-corrected chi connectivity index (χ2v) is 9.25. The quantitative estimate of drug-likeness (QED) is 0.380. The molecule has 2 amide bonds. The number of nitrogens with zero attached hydrogens (tertiary/aromatic N) is 2. The molecule has 4 aromatic rings. The zero-order chi connectivity index (χ0) is 24.9. The predicted octanol–water partition coefficient (Wildman–Crippen LogP) is 4.55. The van der Waals surface area contributed by atoms with Gasteiger partial charge in [0, 0.05) is 6.42 Å². The summed E-state index contributed by atoms with van der Waals surface area (Å²) in [7, 11) is 0. The highest BCUT2D eigenvalue weighted by atomic mass is 32.1. The van der Waals surface area contributed by atoms with Gasteiger partial charge in [0.2, 0.25) is 0 Å². The van der Waals surface area contributed by atoms with E-state index in [1.807, 2.05) is 60.7 Å². The number of fused-ring (bicyclic) bond motifs is 1. The Morgan fingerprint density at radius 3 is 2.50 bits per heavy atom. The summed E-state index contributed by atoms with van der Waals surface area (Å²) in [6.07, 6.45) is 0.541. The second-order valence-electron chi connectivity index (χ2n) is 8.30. The molecule has 8 heteroatoms. The van der Waals surface area contributed by atoms with Crippen LogP contribution >= 0.6 is 11.3 Å². The normalized spacial score (nSPS) is 14.9. The number of hydrazone groups is 1. The van der Waals surface area contributed by atoms with Crippen LogP contribution in [0.5, 0.6) is 0 Å². The summed E-state index contributed by atoms with van der Waals surface area (Å²) in [5, 5.41) is 12.6. The fourth-order valence-electron chi connectivity index (χ4n) is 4.13. The number of ether oxygens (including phenoxy) is 1. The van der Waals surface area contributed by atoms with Crippen LogP contribution in [-0.4, -0.2) is 41.7 Å². The third kappa shape index (κ3) is 5.18. The molecular formula is C28H23N3O4S. The first-order chi connectivity index (χ1) is 17.6. The van der Waals surface area contributed by atoms with Gasteiger partial charge in [-0.3, -0.25) is 14.4 Å². The number of hydrogen-bond donors (Lipinski definition) is 1. The summed E-state index contributed by atoms with van der Waals surface area (Å²) in [6.45, 7) is -0.788. The van der Waals surface area contributed by atoms with E-state index >= 15 is 0 Å². The fourth-order valence-corrected chi connectivity index (χ4v) is 4.77. The summed E-state index contributed by atoms with van der Waals surface area (Å²) < 4.78 is 5.16. The van der Waals surface area contributed by atoms with E-state index in [1.54, 1.807) is 17.5 Å². The molecule has 0 fully saturated rings. The van der Waals surface area contributed by atoms with Gasteiger partial charge in [-0.25, -0.2) is 5.01 Å². The van der Waals surface area contributed by atoms with Crippen molar-refractivity contribution in [1.29, 1.82) is 0 Å². The summed E-state index contributed by atoms with van der Waals surface area (Å²) in [5.74, 6) is -1.48. The minimum atomic E-state index is -0.692. The van der Waals surface area contributed by atoms with Gasteiger partial charge in [-0.05, 0) is 39.4 Å². The number of rotatable bonds is 7. The van der Waals surface area contributed by atoms with Gasteiger partial charge < -0.3 is 10.1 Å². The van der Waals surface area contributed by atoms with Gasteiger partial charge in [-0.15, -0.1) is 11.3 Å². The van der Waals surface area contributed by atoms with Crippen molar-refractivity contribution < 1.29 is 19.1 Å². The van der Waals surface area contributed by atoms with Crippen molar-refractivity contribution in [2.24, 2.45) is 5.10 Å². The molecule has 0 bridgehead atoms. The Kier molecular flexibility index (Phi) is 6.86. The number of esters is 1. The van der Waals surface area contributed by atoms with Crippen LogP contribution in [0.15, 0.2) is 95.4 Å². The lowest BCUT2D eigenvalue weighted by molar-refractivity contribution is -0.152. The highest BCUT2D eigenvalue weighted by Gasteiger charge is 2.33. The van der Waals surface area contributed by atoms with Crippen LogP contribution in [-0.2, 0) is 14.3 Å². The highest BCUT2D eigenvalue weighted by molar-refractivity contribution is 7.12. The van der Waals surface area contributed by atoms with Crippen molar-refractivity contribution in [2.45, 2.75) is 12.5 Å². The average Bonchev–Trinajstić information content (AvgIpc) is 3.62. The third-order valence-corrected chi connectivity index (χ3v) is 6.80. The smallest absolute Gasteiger partial charge is 0.325 e. The first kappa shape index (κ1) is 23.4. The van der Waals surface area contributed by atoms with Gasteiger partial charge in [0.1, 0.15) is 6.54 Å². The number of nitrogens with one attached hydrogen (secondary N) is 1.